The lowest BCUT2D eigenvalue weighted by Crippen LogP contribution is -2.13. The second-order valence-electron chi connectivity index (χ2n) is 4.48. The summed E-state index contributed by atoms with van der Waals surface area (Å²) >= 11 is 0. The van der Waals surface area contributed by atoms with E-state index >= 15 is 0 Å². The van der Waals surface area contributed by atoms with Gasteiger partial charge in [-0.3, -0.25) is 19.6 Å². The Morgan fingerprint density at radius 1 is 1.10 bits per heavy atom. The molecule has 0 radical (unpaired) electrons. The van der Waals surface area contributed by atoms with Gasteiger partial charge in [-0.2, -0.15) is 0 Å². The van der Waals surface area contributed by atoms with Crippen LogP contribution in [0.1, 0.15) is 17.8 Å². The van der Waals surface area contributed by atoms with Crippen LogP contribution in [0.4, 0.5) is 5.69 Å². The molecule has 2 aromatic rings. The van der Waals surface area contributed by atoms with E-state index in [0.717, 1.165) is 5.69 Å². The van der Waals surface area contributed by atoms with Crippen molar-refractivity contribution in [2.75, 3.05) is 5.32 Å². The second-order valence-corrected chi connectivity index (χ2v) is 4.48. The van der Waals surface area contributed by atoms with Crippen molar-refractivity contribution in [2.24, 2.45) is 0 Å². The minimum atomic E-state index is -0.936. The van der Waals surface area contributed by atoms with Crippen LogP contribution in [0.25, 0.3) is 0 Å². The number of aromatic nitrogens is 2. The van der Waals surface area contributed by atoms with Gasteiger partial charge in [0.15, 0.2) is 0 Å². The minimum Gasteiger partial charge on any atom is -0.481 e. The predicted molar refractivity (Wildman–Crippen MR) is 76.8 cm³/mol. The minimum absolute atomic E-state index is 0.131. The van der Waals surface area contributed by atoms with Gasteiger partial charge in [0.2, 0.25) is 5.91 Å². The summed E-state index contributed by atoms with van der Waals surface area (Å²) in [5.74, 6) is -1.07. The third kappa shape index (κ3) is 5.02. The number of anilines is 1. The number of rotatable bonds is 6. The molecule has 2 heterocycles. The number of carboxylic acid groups (broad SMARTS) is 1. The molecule has 1 amide bonds. The molecule has 0 saturated carbocycles. The molecule has 21 heavy (non-hydrogen) atoms. The normalized spacial score (nSPS) is 10.1. The quantitative estimate of drug-likeness (QED) is 0.842. The Morgan fingerprint density at radius 2 is 1.95 bits per heavy atom. The summed E-state index contributed by atoms with van der Waals surface area (Å²) in [6.07, 6.45) is 3.91. The molecular formula is C15H15N3O3. The largest absolute Gasteiger partial charge is 0.481 e. The number of carbonyl (C=O) groups excluding carboxylic acids is 1. The van der Waals surface area contributed by atoms with E-state index in [0.29, 0.717) is 24.2 Å². The van der Waals surface area contributed by atoms with E-state index < -0.39 is 5.97 Å². The number of aliphatic carboxylic acids is 1. The summed E-state index contributed by atoms with van der Waals surface area (Å²) < 4.78 is 0. The summed E-state index contributed by atoms with van der Waals surface area (Å²) in [7, 11) is 0. The van der Waals surface area contributed by atoms with Gasteiger partial charge >= 0.3 is 5.97 Å². The number of nitrogens with zero attached hydrogens (tertiary/aromatic N) is 2. The molecule has 108 valence electrons. The molecule has 2 rings (SSSR count). The summed E-state index contributed by atoms with van der Waals surface area (Å²) in [6, 6.07) is 8.81. The van der Waals surface area contributed by atoms with Crippen LogP contribution in [0.5, 0.6) is 0 Å². The Kier molecular flexibility index (Phi) is 4.98. The Labute approximate surface area is 121 Å². The second kappa shape index (κ2) is 7.14. The van der Waals surface area contributed by atoms with Gasteiger partial charge in [-0.1, -0.05) is 6.07 Å². The highest BCUT2D eigenvalue weighted by atomic mass is 16.4. The molecule has 0 bridgehead atoms. The molecule has 0 spiro atoms. The van der Waals surface area contributed by atoms with Gasteiger partial charge < -0.3 is 10.4 Å². The van der Waals surface area contributed by atoms with Crippen LogP contribution < -0.4 is 5.32 Å². The zero-order valence-electron chi connectivity index (χ0n) is 11.3. The van der Waals surface area contributed by atoms with E-state index in [1.807, 2.05) is 18.2 Å². The maximum atomic E-state index is 11.8. The van der Waals surface area contributed by atoms with Gasteiger partial charge in [0.1, 0.15) is 0 Å². The van der Waals surface area contributed by atoms with Crippen molar-refractivity contribution >= 4 is 17.6 Å². The van der Waals surface area contributed by atoms with Crippen molar-refractivity contribution in [3.8, 4) is 0 Å². The van der Waals surface area contributed by atoms with E-state index in [4.69, 9.17) is 5.11 Å². The number of hydrogen-bond donors (Lipinski definition) is 2. The molecule has 0 aliphatic heterocycles. The smallest absolute Gasteiger partial charge is 0.309 e. The SMILES string of the molecule is O=C(O)Cc1ccc(NC(=O)CCc2ccccn2)cn1. The summed E-state index contributed by atoms with van der Waals surface area (Å²) in [4.78, 5) is 30.5. The number of nitrogens with one attached hydrogen (secondary N) is 1. The lowest BCUT2D eigenvalue weighted by atomic mass is 10.2. The lowest BCUT2D eigenvalue weighted by molar-refractivity contribution is -0.136. The highest BCUT2D eigenvalue weighted by Crippen LogP contribution is 2.08. The average Bonchev–Trinajstić information content (AvgIpc) is 2.48. The van der Waals surface area contributed by atoms with Gasteiger partial charge in [-0.25, -0.2) is 0 Å². The van der Waals surface area contributed by atoms with Gasteiger partial charge in [0.25, 0.3) is 0 Å². The molecular weight excluding hydrogens is 270 g/mol. The average molecular weight is 285 g/mol. The first-order valence-electron chi connectivity index (χ1n) is 6.50. The molecule has 0 aromatic carbocycles. The van der Waals surface area contributed by atoms with Gasteiger partial charge in [-0.05, 0) is 30.7 Å². The molecule has 0 fully saturated rings. The van der Waals surface area contributed by atoms with Gasteiger partial charge in [-0.15, -0.1) is 0 Å². The van der Waals surface area contributed by atoms with Crippen molar-refractivity contribution in [1.82, 2.24) is 9.97 Å². The zero-order chi connectivity index (χ0) is 15.1. The third-order valence-corrected chi connectivity index (χ3v) is 2.78. The van der Waals surface area contributed by atoms with Crippen molar-refractivity contribution in [1.29, 1.82) is 0 Å². The molecule has 2 N–H and O–H groups in total. The van der Waals surface area contributed by atoms with E-state index in [1.165, 1.54) is 6.20 Å². The summed E-state index contributed by atoms with van der Waals surface area (Å²) in [5, 5.41) is 11.4. The number of carbonyl (C=O) groups is 2. The van der Waals surface area contributed by atoms with Crippen LogP contribution in [0.3, 0.4) is 0 Å². The third-order valence-electron chi connectivity index (χ3n) is 2.78. The molecule has 0 unspecified atom stereocenters. The standard InChI is InChI=1S/C15H15N3O3/c19-14(7-6-11-3-1-2-8-16-11)18-13-5-4-12(17-10-13)9-15(20)21/h1-5,8,10H,6-7,9H2,(H,18,19)(H,20,21). The van der Waals surface area contributed by atoms with Gasteiger partial charge in [0, 0.05) is 18.3 Å². The highest BCUT2D eigenvalue weighted by molar-refractivity contribution is 5.90. The molecule has 0 aliphatic rings. The van der Waals surface area contributed by atoms with Crippen LogP contribution in [-0.4, -0.2) is 27.0 Å². The topological polar surface area (TPSA) is 92.2 Å². The first kappa shape index (κ1) is 14.6. The Hall–Kier alpha value is -2.76. The van der Waals surface area contributed by atoms with Crippen LogP contribution >= 0.6 is 0 Å². The van der Waals surface area contributed by atoms with Crippen LogP contribution in [0, 0.1) is 0 Å². The fourth-order valence-corrected chi connectivity index (χ4v) is 1.77. The van der Waals surface area contributed by atoms with Crippen molar-refractivity contribution in [3.05, 3.63) is 54.1 Å². The molecule has 2 aromatic heterocycles. The molecule has 6 nitrogen and oxygen atoms in total. The van der Waals surface area contributed by atoms with Crippen molar-refractivity contribution in [2.45, 2.75) is 19.3 Å². The van der Waals surface area contributed by atoms with Crippen molar-refractivity contribution in [3.63, 3.8) is 0 Å². The maximum Gasteiger partial charge on any atom is 0.309 e. The summed E-state index contributed by atoms with van der Waals surface area (Å²) in [5.41, 5.74) is 1.87. The van der Waals surface area contributed by atoms with E-state index in [2.05, 4.69) is 15.3 Å². The molecule has 0 saturated heterocycles. The Bertz CT molecular complexity index is 612. The fourth-order valence-electron chi connectivity index (χ4n) is 1.77. The summed E-state index contributed by atoms with van der Waals surface area (Å²) in [6.45, 7) is 0. The Balaban J connectivity index is 1.83. The molecule has 0 aliphatic carbocycles. The Morgan fingerprint density at radius 3 is 2.57 bits per heavy atom. The monoisotopic (exact) mass is 285 g/mol. The lowest BCUT2D eigenvalue weighted by Gasteiger charge is -2.05. The van der Waals surface area contributed by atoms with Crippen LogP contribution in [-0.2, 0) is 22.4 Å². The van der Waals surface area contributed by atoms with Gasteiger partial charge in [0.05, 0.1) is 24.0 Å². The first-order valence-corrected chi connectivity index (χ1v) is 6.50. The van der Waals surface area contributed by atoms with E-state index in [9.17, 15) is 9.59 Å². The number of pyridine rings is 2. The number of carboxylic acids is 1. The predicted octanol–water partition coefficient (Wildman–Crippen LogP) is 1.68. The van der Waals surface area contributed by atoms with E-state index in [1.54, 1.807) is 18.3 Å². The molecule has 0 atom stereocenters. The maximum absolute atomic E-state index is 11.8. The van der Waals surface area contributed by atoms with Crippen LogP contribution in [0.15, 0.2) is 42.7 Å². The number of amides is 1. The fraction of sp³-hybridized carbons (Fsp3) is 0.200. The highest BCUT2D eigenvalue weighted by Gasteiger charge is 2.05. The van der Waals surface area contributed by atoms with Crippen molar-refractivity contribution < 1.29 is 14.7 Å². The van der Waals surface area contributed by atoms with E-state index in [-0.39, 0.29) is 12.3 Å². The van der Waals surface area contributed by atoms with Crippen LogP contribution in [0.2, 0.25) is 0 Å². The molecule has 6 heteroatoms. The number of aryl methyl sites for hydroxylation is 1. The number of hydrogen-bond acceptors (Lipinski definition) is 4. The zero-order valence-corrected chi connectivity index (χ0v) is 11.3. The first-order chi connectivity index (χ1) is 10.1.